The third-order valence-corrected chi connectivity index (χ3v) is 3.84. The minimum Gasteiger partial charge on any atom is -0.497 e. The van der Waals surface area contributed by atoms with E-state index < -0.39 is 0 Å². The van der Waals surface area contributed by atoms with Gasteiger partial charge in [0.2, 0.25) is 0 Å². The molecule has 18 heavy (non-hydrogen) atoms. The second-order valence-electron chi connectivity index (χ2n) is 5.44. The highest BCUT2D eigenvalue weighted by atomic mass is 16.5. The van der Waals surface area contributed by atoms with Crippen molar-refractivity contribution < 1.29 is 4.74 Å². The van der Waals surface area contributed by atoms with Gasteiger partial charge in [-0.1, -0.05) is 19.1 Å². The summed E-state index contributed by atoms with van der Waals surface area (Å²) in [6.07, 6.45) is 0. The van der Waals surface area contributed by atoms with Crippen molar-refractivity contribution in [2.45, 2.75) is 13.5 Å². The lowest BCUT2D eigenvalue weighted by molar-refractivity contribution is 0.252. The van der Waals surface area contributed by atoms with Gasteiger partial charge in [-0.3, -0.25) is 0 Å². The molecule has 0 saturated carbocycles. The molecule has 1 heterocycles. The highest BCUT2D eigenvalue weighted by Crippen LogP contribution is 2.18. The molecule has 1 aromatic rings. The molecule has 2 atom stereocenters. The first-order chi connectivity index (χ1) is 8.69. The smallest absolute Gasteiger partial charge is 0.118 e. The Balaban J connectivity index is 1.84. The van der Waals surface area contributed by atoms with Crippen molar-refractivity contribution in [1.82, 2.24) is 10.2 Å². The monoisotopic (exact) mass is 248 g/mol. The summed E-state index contributed by atoms with van der Waals surface area (Å²) >= 11 is 0. The summed E-state index contributed by atoms with van der Waals surface area (Å²) in [5.74, 6) is 2.51. The van der Waals surface area contributed by atoms with Crippen LogP contribution in [0.2, 0.25) is 0 Å². The first kappa shape index (κ1) is 13.4. The van der Waals surface area contributed by atoms with Crippen LogP contribution in [0.5, 0.6) is 5.75 Å². The molecule has 0 radical (unpaired) electrons. The Morgan fingerprint density at radius 2 is 2.00 bits per heavy atom. The van der Waals surface area contributed by atoms with Gasteiger partial charge in [0.1, 0.15) is 5.75 Å². The molecule has 1 N–H and O–H groups in total. The topological polar surface area (TPSA) is 24.5 Å². The van der Waals surface area contributed by atoms with Crippen LogP contribution in [0.25, 0.3) is 0 Å². The molecule has 2 rings (SSSR count). The molecule has 3 nitrogen and oxygen atoms in total. The van der Waals surface area contributed by atoms with Crippen molar-refractivity contribution in [3.63, 3.8) is 0 Å². The fourth-order valence-corrected chi connectivity index (χ4v) is 2.62. The molecule has 100 valence electrons. The Kier molecular flexibility index (Phi) is 4.61. The number of methoxy groups -OCH3 is 1. The van der Waals surface area contributed by atoms with E-state index in [2.05, 4.69) is 36.3 Å². The minimum atomic E-state index is 0.785. The molecule has 0 unspecified atom stereocenters. The van der Waals surface area contributed by atoms with Crippen molar-refractivity contribution in [3.8, 4) is 5.75 Å². The fourth-order valence-electron chi connectivity index (χ4n) is 2.62. The zero-order chi connectivity index (χ0) is 13.0. The summed E-state index contributed by atoms with van der Waals surface area (Å²) in [4.78, 5) is 2.41. The van der Waals surface area contributed by atoms with Gasteiger partial charge >= 0.3 is 0 Å². The van der Waals surface area contributed by atoms with E-state index in [9.17, 15) is 0 Å². The average molecular weight is 248 g/mol. The molecular weight excluding hydrogens is 224 g/mol. The number of nitrogens with zero attached hydrogens (tertiary/aromatic N) is 1. The van der Waals surface area contributed by atoms with E-state index in [1.165, 1.54) is 18.7 Å². The summed E-state index contributed by atoms with van der Waals surface area (Å²) in [7, 11) is 3.91. The molecule has 1 aromatic carbocycles. The standard InChI is InChI=1S/C15H24N2O/c1-12-8-16-9-14(12)11-17(2)10-13-4-6-15(18-3)7-5-13/h4-7,12,14,16H,8-11H2,1-3H3/t12-,14+/m1/s1. The largest absolute Gasteiger partial charge is 0.497 e. The van der Waals surface area contributed by atoms with Gasteiger partial charge in [-0.2, -0.15) is 0 Å². The van der Waals surface area contributed by atoms with Crippen molar-refractivity contribution in [2.75, 3.05) is 33.8 Å². The molecule has 1 aliphatic heterocycles. The van der Waals surface area contributed by atoms with E-state index in [4.69, 9.17) is 4.74 Å². The summed E-state index contributed by atoms with van der Waals surface area (Å²) in [6, 6.07) is 8.35. The van der Waals surface area contributed by atoms with Crippen molar-refractivity contribution in [3.05, 3.63) is 29.8 Å². The second-order valence-corrected chi connectivity index (χ2v) is 5.44. The molecule has 0 aromatic heterocycles. The van der Waals surface area contributed by atoms with Crippen molar-refractivity contribution >= 4 is 0 Å². The number of rotatable bonds is 5. The first-order valence-corrected chi connectivity index (χ1v) is 6.71. The second kappa shape index (κ2) is 6.21. The van der Waals surface area contributed by atoms with Gasteiger partial charge in [0.05, 0.1) is 7.11 Å². The first-order valence-electron chi connectivity index (χ1n) is 6.71. The van der Waals surface area contributed by atoms with E-state index in [-0.39, 0.29) is 0 Å². The zero-order valence-electron chi connectivity index (χ0n) is 11.6. The SMILES string of the molecule is COc1ccc(CN(C)C[C@@H]2CNC[C@H]2C)cc1. The highest BCUT2D eigenvalue weighted by molar-refractivity contribution is 5.27. The maximum absolute atomic E-state index is 5.17. The third-order valence-electron chi connectivity index (χ3n) is 3.84. The van der Waals surface area contributed by atoms with Crippen LogP contribution < -0.4 is 10.1 Å². The van der Waals surface area contributed by atoms with Gasteiger partial charge in [-0.25, -0.2) is 0 Å². The third kappa shape index (κ3) is 3.47. The Bertz CT molecular complexity index is 363. The van der Waals surface area contributed by atoms with Crippen molar-refractivity contribution in [1.29, 1.82) is 0 Å². The molecule has 1 fully saturated rings. The van der Waals surface area contributed by atoms with Crippen LogP contribution in [0, 0.1) is 11.8 Å². The van der Waals surface area contributed by atoms with Gasteiger partial charge < -0.3 is 15.0 Å². The molecule has 0 amide bonds. The predicted octanol–water partition coefficient (Wildman–Crippen LogP) is 1.98. The van der Waals surface area contributed by atoms with Crippen LogP contribution in [0.15, 0.2) is 24.3 Å². The van der Waals surface area contributed by atoms with Crippen LogP contribution in [0.4, 0.5) is 0 Å². The Labute approximate surface area is 110 Å². The van der Waals surface area contributed by atoms with Crippen LogP contribution in [-0.2, 0) is 6.54 Å². The maximum atomic E-state index is 5.17. The summed E-state index contributed by atoms with van der Waals surface area (Å²) in [5.41, 5.74) is 1.34. The van der Waals surface area contributed by atoms with E-state index in [1.54, 1.807) is 7.11 Å². The number of nitrogens with one attached hydrogen (secondary N) is 1. The van der Waals surface area contributed by atoms with Crippen molar-refractivity contribution in [2.24, 2.45) is 11.8 Å². The van der Waals surface area contributed by atoms with E-state index in [1.807, 2.05) is 12.1 Å². The Morgan fingerprint density at radius 3 is 2.56 bits per heavy atom. The van der Waals surface area contributed by atoms with Crippen LogP contribution >= 0.6 is 0 Å². The number of ether oxygens (including phenoxy) is 1. The van der Waals surface area contributed by atoms with Gasteiger partial charge in [-0.05, 0) is 49.7 Å². The highest BCUT2D eigenvalue weighted by Gasteiger charge is 2.23. The van der Waals surface area contributed by atoms with Gasteiger partial charge in [0.15, 0.2) is 0 Å². The van der Waals surface area contributed by atoms with Gasteiger partial charge in [0, 0.05) is 13.1 Å². The number of hydrogen-bond acceptors (Lipinski definition) is 3. The zero-order valence-corrected chi connectivity index (χ0v) is 11.6. The molecule has 3 heteroatoms. The minimum absolute atomic E-state index is 0.785. The lowest BCUT2D eigenvalue weighted by Gasteiger charge is -2.23. The molecule has 0 spiro atoms. The lowest BCUT2D eigenvalue weighted by Crippen LogP contribution is -2.28. The summed E-state index contributed by atoms with van der Waals surface area (Å²) < 4.78 is 5.17. The Morgan fingerprint density at radius 1 is 1.28 bits per heavy atom. The Hall–Kier alpha value is -1.06. The lowest BCUT2D eigenvalue weighted by atomic mass is 9.97. The van der Waals surface area contributed by atoms with Crippen LogP contribution in [0.3, 0.4) is 0 Å². The number of hydrogen-bond donors (Lipinski definition) is 1. The predicted molar refractivity (Wildman–Crippen MR) is 74.9 cm³/mol. The van der Waals surface area contributed by atoms with Crippen LogP contribution in [0.1, 0.15) is 12.5 Å². The summed E-state index contributed by atoms with van der Waals surface area (Å²) in [5, 5.41) is 3.46. The maximum Gasteiger partial charge on any atom is 0.118 e. The quantitative estimate of drug-likeness (QED) is 0.862. The normalized spacial score (nSPS) is 23.6. The van der Waals surface area contributed by atoms with E-state index in [0.29, 0.717) is 0 Å². The van der Waals surface area contributed by atoms with Crippen LogP contribution in [-0.4, -0.2) is 38.7 Å². The fraction of sp³-hybridized carbons (Fsp3) is 0.600. The van der Waals surface area contributed by atoms with Gasteiger partial charge in [-0.15, -0.1) is 0 Å². The van der Waals surface area contributed by atoms with E-state index in [0.717, 1.165) is 30.7 Å². The van der Waals surface area contributed by atoms with E-state index >= 15 is 0 Å². The number of benzene rings is 1. The van der Waals surface area contributed by atoms with Gasteiger partial charge in [0.25, 0.3) is 0 Å². The average Bonchev–Trinajstić information content (AvgIpc) is 2.76. The molecule has 0 bridgehead atoms. The molecule has 1 saturated heterocycles. The molecule has 1 aliphatic rings. The summed E-state index contributed by atoms with van der Waals surface area (Å²) in [6.45, 7) is 6.84. The molecular formula is C15H24N2O. The molecule has 0 aliphatic carbocycles.